The summed E-state index contributed by atoms with van der Waals surface area (Å²) in [6.07, 6.45) is 3.48. The first-order valence-electron chi connectivity index (χ1n) is 6.13. The van der Waals surface area contributed by atoms with Gasteiger partial charge in [0.1, 0.15) is 5.82 Å². The lowest BCUT2D eigenvalue weighted by Crippen LogP contribution is -2.21. The SMILES string of the molecule is CC(=NNC(=O)Cc1ccc(F)cc1)c1ccncc1. The Hall–Kier alpha value is -2.56. The van der Waals surface area contributed by atoms with Gasteiger partial charge in [-0.1, -0.05) is 12.1 Å². The lowest BCUT2D eigenvalue weighted by atomic mass is 10.1. The Bertz CT molecular complexity index is 609. The molecule has 1 aromatic heterocycles. The Morgan fingerprint density at radius 2 is 1.85 bits per heavy atom. The van der Waals surface area contributed by atoms with E-state index in [4.69, 9.17) is 0 Å². The Morgan fingerprint density at radius 3 is 2.50 bits per heavy atom. The van der Waals surface area contributed by atoms with E-state index in [1.165, 1.54) is 12.1 Å². The summed E-state index contributed by atoms with van der Waals surface area (Å²) in [4.78, 5) is 15.6. The minimum absolute atomic E-state index is 0.160. The summed E-state index contributed by atoms with van der Waals surface area (Å²) in [6.45, 7) is 1.80. The zero-order valence-corrected chi connectivity index (χ0v) is 11.0. The molecule has 1 heterocycles. The summed E-state index contributed by atoms with van der Waals surface area (Å²) in [7, 11) is 0. The zero-order chi connectivity index (χ0) is 14.4. The second-order valence-corrected chi connectivity index (χ2v) is 4.27. The summed E-state index contributed by atoms with van der Waals surface area (Å²) < 4.78 is 12.7. The Kier molecular flexibility index (Phi) is 4.55. The first kappa shape index (κ1) is 13.9. The van der Waals surface area contributed by atoms with Crippen LogP contribution in [0.15, 0.2) is 53.9 Å². The van der Waals surface area contributed by atoms with Crippen LogP contribution in [0, 0.1) is 5.82 Å². The standard InChI is InChI=1S/C15H14FN3O/c1-11(13-6-8-17-9-7-13)18-19-15(20)10-12-2-4-14(16)5-3-12/h2-9H,10H2,1H3,(H,19,20). The molecule has 5 heteroatoms. The first-order valence-corrected chi connectivity index (χ1v) is 6.13. The highest BCUT2D eigenvalue weighted by Crippen LogP contribution is 2.03. The van der Waals surface area contributed by atoms with Crippen LogP contribution in [-0.4, -0.2) is 16.6 Å². The molecule has 0 bridgehead atoms. The van der Waals surface area contributed by atoms with Crippen molar-refractivity contribution in [3.8, 4) is 0 Å². The summed E-state index contributed by atoms with van der Waals surface area (Å²) >= 11 is 0. The van der Waals surface area contributed by atoms with Gasteiger partial charge in [-0.15, -0.1) is 0 Å². The molecule has 0 unspecified atom stereocenters. The molecule has 1 amide bonds. The van der Waals surface area contributed by atoms with Crippen LogP contribution in [0.3, 0.4) is 0 Å². The molecule has 4 nitrogen and oxygen atoms in total. The van der Waals surface area contributed by atoms with Crippen molar-refractivity contribution in [2.75, 3.05) is 0 Å². The van der Waals surface area contributed by atoms with E-state index in [0.717, 1.165) is 11.1 Å². The molecule has 0 aliphatic carbocycles. The van der Waals surface area contributed by atoms with Gasteiger partial charge in [-0.25, -0.2) is 9.82 Å². The summed E-state index contributed by atoms with van der Waals surface area (Å²) in [6, 6.07) is 9.43. The predicted molar refractivity (Wildman–Crippen MR) is 74.7 cm³/mol. The number of halogens is 1. The van der Waals surface area contributed by atoms with Crippen LogP contribution in [0.2, 0.25) is 0 Å². The fourth-order valence-corrected chi connectivity index (χ4v) is 1.63. The van der Waals surface area contributed by atoms with Crippen molar-refractivity contribution in [3.63, 3.8) is 0 Å². The average molecular weight is 271 g/mol. The maximum Gasteiger partial charge on any atom is 0.244 e. The molecule has 102 valence electrons. The Labute approximate surface area is 116 Å². The van der Waals surface area contributed by atoms with Crippen LogP contribution in [0.1, 0.15) is 18.1 Å². The van der Waals surface area contributed by atoms with E-state index in [1.807, 2.05) is 12.1 Å². The number of hydrogen-bond acceptors (Lipinski definition) is 3. The number of amides is 1. The van der Waals surface area contributed by atoms with E-state index in [1.54, 1.807) is 31.5 Å². The number of carbonyl (C=O) groups excluding carboxylic acids is 1. The third-order valence-corrected chi connectivity index (χ3v) is 2.72. The van der Waals surface area contributed by atoms with Crippen LogP contribution in [-0.2, 0) is 11.2 Å². The maximum atomic E-state index is 12.7. The summed E-state index contributed by atoms with van der Waals surface area (Å²) in [5, 5.41) is 4.02. The predicted octanol–water partition coefficient (Wildman–Crippen LogP) is 2.30. The summed E-state index contributed by atoms with van der Waals surface area (Å²) in [5.74, 6) is -0.564. The summed E-state index contributed by atoms with van der Waals surface area (Å²) in [5.41, 5.74) is 4.80. The quantitative estimate of drug-likeness (QED) is 0.685. The van der Waals surface area contributed by atoms with Crippen molar-refractivity contribution < 1.29 is 9.18 Å². The Balaban J connectivity index is 1.93. The lowest BCUT2D eigenvalue weighted by molar-refractivity contribution is -0.120. The highest BCUT2D eigenvalue weighted by molar-refractivity contribution is 5.99. The molecule has 0 saturated carbocycles. The molecule has 1 aromatic carbocycles. The van der Waals surface area contributed by atoms with E-state index in [-0.39, 0.29) is 18.1 Å². The molecular formula is C15H14FN3O. The van der Waals surface area contributed by atoms with E-state index < -0.39 is 0 Å². The van der Waals surface area contributed by atoms with Crippen LogP contribution in [0.5, 0.6) is 0 Å². The van der Waals surface area contributed by atoms with Gasteiger partial charge in [-0.3, -0.25) is 9.78 Å². The number of pyridine rings is 1. The number of aromatic nitrogens is 1. The van der Waals surface area contributed by atoms with Gasteiger partial charge in [0.2, 0.25) is 5.91 Å². The fraction of sp³-hybridized carbons (Fsp3) is 0.133. The number of benzene rings is 1. The maximum absolute atomic E-state index is 12.7. The molecule has 0 aliphatic heterocycles. The molecule has 0 fully saturated rings. The van der Waals surface area contributed by atoms with Crippen LogP contribution in [0.25, 0.3) is 0 Å². The molecule has 20 heavy (non-hydrogen) atoms. The third-order valence-electron chi connectivity index (χ3n) is 2.72. The van der Waals surface area contributed by atoms with Gasteiger partial charge in [0.25, 0.3) is 0 Å². The van der Waals surface area contributed by atoms with Crippen LogP contribution < -0.4 is 5.43 Å². The van der Waals surface area contributed by atoms with E-state index >= 15 is 0 Å². The van der Waals surface area contributed by atoms with Gasteiger partial charge in [0, 0.05) is 18.0 Å². The number of hydrazone groups is 1. The molecule has 0 atom stereocenters. The minimum Gasteiger partial charge on any atom is -0.273 e. The Morgan fingerprint density at radius 1 is 1.20 bits per heavy atom. The molecule has 0 saturated heterocycles. The van der Waals surface area contributed by atoms with Gasteiger partial charge < -0.3 is 0 Å². The van der Waals surface area contributed by atoms with E-state index in [9.17, 15) is 9.18 Å². The number of nitrogens with zero attached hydrogens (tertiary/aromatic N) is 2. The molecule has 2 rings (SSSR count). The monoisotopic (exact) mass is 271 g/mol. The van der Waals surface area contributed by atoms with Gasteiger partial charge >= 0.3 is 0 Å². The third kappa shape index (κ3) is 3.98. The van der Waals surface area contributed by atoms with Crippen molar-refractivity contribution in [2.45, 2.75) is 13.3 Å². The second kappa shape index (κ2) is 6.56. The minimum atomic E-state index is -0.319. The van der Waals surface area contributed by atoms with Crippen LogP contribution >= 0.6 is 0 Å². The smallest absolute Gasteiger partial charge is 0.244 e. The molecule has 0 spiro atoms. The van der Waals surface area contributed by atoms with Crippen molar-refractivity contribution in [2.24, 2.45) is 5.10 Å². The number of hydrogen-bond donors (Lipinski definition) is 1. The average Bonchev–Trinajstić information content (AvgIpc) is 2.48. The number of nitrogens with one attached hydrogen (secondary N) is 1. The first-order chi connectivity index (χ1) is 9.65. The van der Waals surface area contributed by atoms with Crippen LogP contribution in [0.4, 0.5) is 4.39 Å². The molecule has 0 radical (unpaired) electrons. The second-order valence-electron chi connectivity index (χ2n) is 4.27. The topological polar surface area (TPSA) is 54.4 Å². The van der Waals surface area contributed by atoms with Gasteiger partial charge in [0.15, 0.2) is 0 Å². The normalized spacial score (nSPS) is 11.2. The highest BCUT2D eigenvalue weighted by atomic mass is 19.1. The van der Waals surface area contributed by atoms with Crippen molar-refractivity contribution in [1.82, 2.24) is 10.4 Å². The number of carbonyl (C=O) groups is 1. The lowest BCUT2D eigenvalue weighted by Gasteiger charge is -2.03. The molecule has 0 aliphatic rings. The van der Waals surface area contributed by atoms with Crippen molar-refractivity contribution in [3.05, 3.63) is 65.7 Å². The largest absolute Gasteiger partial charge is 0.273 e. The zero-order valence-electron chi connectivity index (χ0n) is 11.0. The van der Waals surface area contributed by atoms with Crippen molar-refractivity contribution in [1.29, 1.82) is 0 Å². The van der Waals surface area contributed by atoms with Crippen molar-refractivity contribution >= 4 is 11.6 Å². The van der Waals surface area contributed by atoms with E-state index in [2.05, 4.69) is 15.5 Å². The number of rotatable bonds is 4. The highest BCUT2D eigenvalue weighted by Gasteiger charge is 2.03. The molecule has 1 N–H and O–H groups in total. The fourth-order valence-electron chi connectivity index (χ4n) is 1.63. The van der Waals surface area contributed by atoms with Gasteiger partial charge in [-0.2, -0.15) is 5.10 Å². The molecule has 2 aromatic rings. The van der Waals surface area contributed by atoms with Gasteiger partial charge in [0.05, 0.1) is 12.1 Å². The molecular weight excluding hydrogens is 257 g/mol. The van der Waals surface area contributed by atoms with E-state index in [0.29, 0.717) is 5.71 Å². The van der Waals surface area contributed by atoms with Gasteiger partial charge in [-0.05, 0) is 36.8 Å².